The Morgan fingerprint density at radius 3 is 2.30 bits per heavy atom. The zero-order valence-electron chi connectivity index (χ0n) is 12.1. The van der Waals surface area contributed by atoms with Gasteiger partial charge in [-0.15, -0.1) is 0 Å². The van der Waals surface area contributed by atoms with Gasteiger partial charge in [-0.1, -0.05) is 0 Å². The third-order valence-corrected chi connectivity index (χ3v) is 4.62. The predicted octanol–water partition coefficient (Wildman–Crippen LogP) is 1.12. The molecule has 1 aromatic rings. The first kappa shape index (κ1) is 13.8. The number of aromatic nitrogens is 2. The number of piperazine rings is 1. The lowest BCUT2D eigenvalue weighted by molar-refractivity contribution is 0.186. The van der Waals surface area contributed by atoms with Crippen molar-refractivity contribution in [2.45, 2.75) is 31.7 Å². The Morgan fingerprint density at radius 2 is 1.65 bits per heavy atom. The Morgan fingerprint density at radius 1 is 1.00 bits per heavy atom. The zero-order chi connectivity index (χ0) is 13.8. The Labute approximate surface area is 121 Å². The first-order valence-corrected chi connectivity index (χ1v) is 7.81. The lowest BCUT2D eigenvalue weighted by Crippen LogP contribution is -2.48. The van der Waals surface area contributed by atoms with Crippen LogP contribution in [0.15, 0.2) is 18.5 Å². The Hall–Kier alpha value is -1.20. The normalized spacial score (nSPS) is 28.6. The molecule has 2 N–H and O–H groups in total. The molecule has 2 aliphatic rings. The van der Waals surface area contributed by atoms with Crippen LogP contribution in [0.25, 0.3) is 0 Å². The molecular weight excluding hydrogens is 250 g/mol. The van der Waals surface area contributed by atoms with E-state index in [4.69, 9.17) is 5.73 Å². The van der Waals surface area contributed by atoms with Crippen molar-refractivity contribution in [2.24, 2.45) is 11.7 Å². The maximum absolute atomic E-state index is 5.98. The molecule has 1 aromatic heterocycles. The smallest absolute Gasteiger partial charge is 0.225 e. The van der Waals surface area contributed by atoms with Crippen LogP contribution in [0.5, 0.6) is 0 Å². The molecule has 0 amide bonds. The molecule has 0 unspecified atom stereocenters. The van der Waals surface area contributed by atoms with E-state index < -0.39 is 0 Å². The van der Waals surface area contributed by atoms with Gasteiger partial charge in [-0.25, -0.2) is 9.97 Å². The van der Waals surface area contributed by atoms with Gasteiger partial charge in [0.05, 0.1) is 0 Å². The van der Waals surface area contributed by atoms with Gasteiger partial charge in [0.25, 0.3) is 0 Å². The number of nitrogens with two attached hydrogens (primary N) is 1. The highest BCUT2D eigenvalue weighted by Gasteiger charge is 2.24. The van der Waals surface area contributed by atoms with E-state index in [1.54, 1.807) is 0 Å². The minimum absolute atomic E-state index is 0.457. The first-order chi connectivity index (χ1) is 9.81. The van der Waals surface area contributed by atoms with Gasteiger partial charge in [0.2, 0.25) is 5.95 Å². The number of hydrogen-bond acceptors (Lipinski definition) is 5. The fourth-order valence-electron chi connectivity index (χ4n) is 3.32. The van der Waals surface area contributed by atoms with Crippen molar-refractivity contribution in [3.63, 3.8) is 0 Å². The van der Waals surface area contributed by atoms with Crippen LogP contribution in [-0.2, 0) is 0 Å². The van der Waals surface area contributed by atoms with Gasteiger partial charge in [0.1, 0.15) is 0 Å². The molecule has 0 spiro atoms. The molecule has 2 fully saturated rings. The van der Waals surface area contributed by atoms with E-state index in [1.807, 2.05) is 18.5 Å². The summed E-state index contributed by atoms with van der Waals surface area (Å²) in [4.78, 5) is 13.6. The largest absolute Gasteiger partial charge is 0.338 e. The number of hydrogen-bond donors (Lipinski definition) is 1. The Kier molecular flexibility index (Phi) is 4.47. The number of anilines is 1. The van der Waals surface area contributed by atoms with E-state index in [9.17, 15) is 0 Å². The molecule has 1 saturated carbocycles. The molecule has 1 aliphatic carbocycles. The van der Waals surface area contributed by atoms with Crippen LogP contribution >= 0.6 is 0 Å². The van der Waals surface area contributed by atoms with Crippen LogP contribution in [0.4, 0.5) is 5.95 Å². The van der Waals surface area contributed by atoms with Crippen LogP contribution in [0, 0.1) is 5.92 Å². The van der Waals surface area contributed by atoms with Crippen LogP contribution in [0.2, 0.25) is 0 Å². The second-order valence-electron chi connectivity index (χ2n) is 6.12. The van der Waals surface area contributed by atoms with E-state index in [0.29, 0.717) is 6.04 Å². The third kappa shape index (κ3) is 3.46. The summed E-state index contributed by atoms with van der Waals surface area (Å²) in [5.41, 5.74) is 5.98. The fraction of sp³-hybridized carbons (Fsp3) is 0.733. The second-order valence-corrected chi connectivity index (χ2v) is 6.12. The maximum atomic E-state index is 5.98. The van der Waals surface area contributed by atoms with Gasteiger partial charge in [-0.05, 0) is 37.7 Å². The van der Waals surface area contributed by atoms with Gasteiger partial charge < -0.3 is 10.6 Å². The maximum Gasteiger partial charge on any atom is 0.225 e. The molecule has 110 valence electrons. The summed E-state index contributed by atoms with van der Waals surface area (Å²) in [5.74, 6) is 1.73. The van der Waals surface area contributed by atoms with Gasteiger partial charge in [0.15, 0.2) is 0 Å². The highest BCUT2D eigenvalue weighted by atomic mass is 15.3. The summed E-state index contributed by atoms with van der Waals surface area (Å²) < 4.78 is 0. The number of rotatable bonds is 3. The standard InChI is InChI=1S/C15H25N5/c16-14-4-2-13(3-5-14)12-19-8-10-20(11-9-19)15-17-6-1-7-18-15/h1,6-7,13-14H,2-5,8-12,16H2. The van der Waals surface area contributed by atoms with Gasteiger partial charge in [0, 0.05) is 51.2 Å². The minimum atomic E-state index is 0.457. The molecule has 5 nitrogen and oxygen atoms in total. The third-order valence-electron chi connectivity index (χ3n) is 4.62. The molecule has 2 heterocycles. The lowest BCUT2D eigenvalue weighted by atomic mass is 9.86. The number of nitrogens with zero attached hydrogens (tertiary/aromatic N) is 4. The van der Waals surface area contributed by atoms with Crippen molar-refractivity contribution in [3.05, 3.63) is 18.5 Å². The van der Waals surface area contributed by atoms with Crippen LogP contribution < -0.4 is 10.6 Å². The molecule has 1 aliphatic heterocycles. The highest BCUT2D eigenvalue weighted by molar-refractivity contribution is 5.29. The van der Waals surface area contributed by atoms with E-state index >= 15 is 0 Å². The molecule has 0 aromatic carbocycles. The van der Waals surface area contributed by atoms with E-state index in [-0.39, 0.29) is 0 Å². The SMILES string of the molecule is NC1CCC(CN2CCN(c3ncccn3)CC2)CC1. The molecule has 1 saturated heterocycles. The molecule has 5 heteroatoms. The van der Waals surface area contributed by atoms with Crippen molar-refractivity contribution in [3.8, 4) is 0 Å². The molecular formula is C15H25N5. The van der Waals surface area contributed by atoms with E-state index in [1.165, 1.54) is 32.2 Å². The van der Waals surface area contributed by atoms with Crippen molar-refractivity contribution >= 4 is 5.95 Å². The molecule has 0 radical (unpaired) electrons. The van der Waals surface area contributed by atoms with Crippen molar-refractivity contribution in [2.75, 3.05) is 37.6 Å². The molecule has 20 heavy (non-hydrogen) atoms. The lowest BCUT2D eigenvalue weighted by Gasteiger charge is -2.37. The second kappa shape index (κ2) is 6.50. The van der Waals surface area contributed by atoms with E-state index in [0.717, 1.165) is 38.0 Å². The molecule has 0 atom stereocenters. The zero-order valence-corrected chi connectivity index (χ0v) is 12.1. The Bertz CT molecular complexity index is 394. The monoisotopic (exact) mass is 275 g/mol. The minimum Gasteiger partial charge on any atom is -0.338 e. The highest BCUT2D eigenvalue weighted by Crippen LogP contribution is 2.24. The molecule has 0 bridgehead atoms. The summed E-state index contributed by atoms with van der Waals surface area (Å²) >= 11 is 0. The van der Waals surface area contributed by atoms with Gasteiger partial charge >= 0.3 is 0 Å². The van der Waals surface area contributed by atoms with Crippen molar-refractivity contribution < 1.29 is 0 Å². The summed E-state index contributed by atoms with van der Waals surface area (Å²) in [5, 5.41) is 0. The van der Waals surface area contributed by atoms with E-state index in [2.05, 4.69) is 19.8 Å². The topological polar surface area (TPSA) is 58.3 Å². The van der Waals surface area contributed by atoms with Gasteiger partial charge in [-0.3, -0.25) is 4.90 Å². The van der Waals surface area contributed by atoms with Crippen LogP contribution in [0.1, 0.15) is 25.7 Å². The Balaban J connectivity index is 1.44. The average Bonchev–Trinajstić information content (AvgIpc) is 2.51. The molecule has 3 rings (SSSR count). The van der Waals surface area contributed by atoms with Crippen molar-refractivity contribution in [1.29, 1.82) is 0 Å². The quantitative estimate of drug-likeness (QED) is 0.895. The fourth-order valence-corrected chi connectivity index (χ4v) is 3.32. The van der Waals surface area contributed by atoms with Crippen LogP contribution in [0.3, 0.4) is 0 Å². The average molecular weight is 275 g/mol. The van der Waals surface area contributed by atoms with Crippen LogP contribution in [-0.4, -0.2) is 53.6 Å². The summed E-state index contributed by atoms with van der Waals surface area (Å²) in [6, 6.07) is 2.33. The first-order valence-electron chi connectivity index (χ1n) is 7.81. The summed E-state index contributed by atoms with van der Waals surface area (Å²) in [6.07, 6.45) is 8.68. The summed E-state index contributed by atoms with van der Waals surface area (Å²) in [6.45, 7) is 5.57. The predicted molar refractivity (Wildman–Crippen MR) is 80.6 cm³/mol. The summed E-state index contributed by atoms with van der Waals surface area (Å²) in [7, 11) is 0. The van der Waals surface area contributed by atoms with Crippen molar-refractivity contribution in [1.82, 2.24) is 14.9 Å². The van der Waals surface area contributed by atoms with Gasteiger partial charge in [-0.2, -0.15) is 0 Å².